The van der Waals surface area contributed by atoms with Crippen molar-refractivity contribution in [2.75, 3.05) is 6.54 Å². The number of hydrogen-bond donors (Lipinski definition) is 2. The van der Waals surface area contributed by atoms with Crippen molar-refractivity contribution in [2.24, 2.45) is 11.7 Å². The van der Waals surface area contributed by atoms with Gasteiger partial charge in [-0.2, -0.15) is 0 Å². The number of carbonyl (C=O) groups excluding carboxylic acids is 1. The van der Waals surface area contributed by atoms with E-state index in [2.05, 4.69) is 5.32 Å². The van der Waals surface area contributed by atoms with E-state index in [1.165, 1.54) is 44.9 Å². The fraction of sp³-hybridized carbons (Fsp3) is 0.923. The smallest absolute Gasteiger partial charge is 0.240 e. The monoisotopic (exact) mass is 224 g/mol. The molecule has 0 aromatic carbocycles. The molecule has 0 aromatic heterocycles. The Balaban J connectivity index is 1.69. The molecule has 0 spiro atoms. The summed E-state index contributed by atoms with van der Waals surface area (Å²) >= 11 is 0. The third-order valence-electron chi connectivity index (χ3n) is 4.02. The van der Waals surface area contributed by atoms with Gasteiger partial charge in [0.25, 0.3) is 0 Å². The molecule has 92 valence electrons. The predicted molar refractivity (Wildman–Crippen MR) is 65.0 cm³/mol. The van der Waals surface area contributed by atoms with Gasteiger partial charge >= 0.3 is 0 Å². The average molecular weight is 224 g/mol. The van der Waals surface area contributed by atoms with Crippen molar-refractivity contribution in [1.82, 2.24) is 5.32 Å². The summed E-state index contributed by atoms with van der Waals surface area (Å²) < 4.78 is 0. The van der Waals surface area contributed by atoms with Crippen molar-refractivity contribution in [2.45, 2.75) is 63.3 Å². The van der Waals surface area contributed by atoms with Gasteiger partial charge < -0.3 is 11.1 Å². The molecule has 0 unspecified atom stereocenters. The molecule has 2 aliphatic rings. The van der Waals surface area contributed by atoms with Crippen LogP contribution in [0.4, 0.5) is 0 Å². The molecule has 0 radical (unpaired) electrons. The van der Waals surface area contributed by atoms with Crippen LogP contribution in [0, 0.1) is 5.92 Å². The molecule has 2 rings (SSSR count). The molecule has 0 aliphatic heterocycles. The molecule has 0 heterocycles. The second-order valence-corrected chi connectivity index (χ2v) is 5.58. The lowest BCUT2D eigenvalue weighted by Crippen LogP contribution is -2.44. The van der Waals surface area contributed by atoms with Crippen molar-refractivity contribution in [3.8, 4) is 0 Å². The Kier molecular flexibility index (Phi) is 3.85. The average Bonchev–Trinajstić information content (AvgIpc) is 2.96. The Bertz CT molecular complexity index is 240. The summed E-state index contributed by atoms with van der Waals surface area (Å²) in [6.45, 7) is 0.845. The van der Waals surface area contributed by atoms with Crippen LogP contribution in [0.15, 0.2) is 0 Å². The number of amides is 1. The molecule has 2 aliphatic carbocycles. The summed E-state index contributed by atoms with van der Waals surface area (Å²) in [6.07, 6.45) is 11.1. The zero-order valence-electron chi connectivity index (χ0n) is 10.1. The first-order valence-corrected chi connectivity index (χ1v) is 6.78. The van der Waals surface area contributed by atoms with Gasteiger partial charge in [0.1, 0.15) is 0 Å². The van der Waals surface area contributed by atoms with Crippen LogP contribution in [0.25, 0.3) is 0 Å². The van der Waals surface area contributed by atoms with Crippen LogP contribution in [0.3, 0.4) is 0 Å². The van der Waals surface area contributed by atoms with Crippen LogP contribution >= 0.6 is 0 Å². The molecule has 2 saturated carbocycles. The maximum absolute atomic E-state index is 11.7. The highest BCUT2D eigenvalue weighted by atomic mass is 16.2. The minimum Gasteiger partial charge on any atom is -0.354 e. The van der Waals surface area contributed by atoms with E-state index in [0.29, 0.717) is 5.92 Å². The van der Waals surface area contributed by atoms with E-state index in [1.54, 1.807) is 0 Å². The second-order valence-electron chi connectivity index (χ2n) is 5.58. The van der Waals surface area contributed by atoms with Gasteiger partial charge in [0.05, 0.1) is 5.54 Å². The van der Waals surface area contributed by atoms with E-state index in [1.807, 2.05) is 0 Å². The van der Waals surface area contributed by atoms with E-state index >= 15 is 0 Å². The van der Waals surface area contributed by atoms with Crippen molar-refractivity contribution in [1.29, 1.82) is 0 Å². The number of nitrogens with two attached hydrogens (primary N) is 1. The van der Waals surface area contributed by atoms with Gasteiger partial charge in [-0.15, -0.1) is 0 Å². The Hall–Kier alpha value is -0.570. The lowest BCUT2D eigenvalue weighted by molar-refractivity contribution is -0.123. The Morgan fingerprint density at radius 3 is 2.25 bits per heavy atom. The van der Waals surface area contributed by atoms with Gasteiger partial charge in [0.2, 0.25) is 5.91 Å². The first-order chi connectivity index (χ1) is 7.71. The van der Waals surface area contributed by atoms with Crippen LogP contribution in [0.1, 0.15) is 57.8 Å². The molecule has 1 amide bonds. The Morgan fingerprint density at radius 1 is 1.12 bits per heavy atom. The first-order valence-electron chi connectivity index (χ1n) is 6.78. The van der Waals surface area contributed by atoms with Crippen molar-refractivity contribution in [3.05, 3.63) is 0 Å². The fourth-order valence-electron chi connectivity index (χ4n) is 2.52. The van der Waals surface area contributed by atoms with Gasteiger partial charge in [0.15, 0.2) is 0 Å². The molecule has 3 nitrogen and oxygen atoms in total. The maximum Gasteiger partial charge on any atom is 0.240 e. The molecule has 0 saturated heterocycles. The zero-order valence-corrected chi connectivity index (χ0v) is 10.1. The van der Waals surface area contributed by atoms with E-state index in [9.17, 15) is 4.79 Å². The summed E-state index contributed by atoms with van der Waals surface area (Å²) in [4.78, 5) is 11.7. The topological polar surface area (TPSA) is 55.1 Å². The summed E-state index contributed by atoms with van der Waals surface area (Å²) in [5.74, 6) is 0.765. The molecule has 3 heteroatoms. The highest BCUT2D eigenvalue weighted by molar-refractivity contribution is 5.88. The number of hydrogen-bond acceptors (Lipinski definition) is 2. The van der Waals surface area contributed by atoms with E-state index in [4.69, 9.17) is 5.73 Å². The molecule has 3 N–H and O–H groups in total. The summed E-state index contributed by atoms with van der Waals surface area (Å²) in [7, 11) is 0. The number of carbonyl (C=O) groups is 1. The SMILES string of the molecule is NC1(C(=O)NCC2CCCCCCC2)CC1. The van der Waals surface area contributed by atoms with Gasteiger partial charge in [-0.25, -0.2) is 0 Å². The van der Waals surface area contributed by atoms with Crippen LogP contribution < -0.4 is 11.1 Å². The lowest BCUT2D eigenvalue weighted by Gasteiger charge is -2.21. The van der Waals surface area contributed by atoms with E-state index in [-0.39, 0.29) is 5.91 Å². The summed E-state index contributed by atoms with van der Waals surface area (Å²) in [5.41, 5.74) is 5.35. The molecular weight excluding hydrogens is 200 g/mol. The van der Waals surface area contributed by atoms with Gasteiger partial charge in [-0.3, -0.25) is 4.79 Å². The van der Waals surface area contributed by atoms with Crippen LogP contribution in [0.2, 0.25) is 0 Å². The third-order valence-corrected chi connectivity index (χ3v) is 4.02. The van der Waals surface area contributed by atoms with Crippen molar-refractivity contribution < 1.29 is 4.79 Å². The number of nitrogens with one attached hydrogen (secondary N) is 1. The Labute approximate surface area is 98.2 Å². The molecule has 0 bridgehead atoms. The first kappa shape index (κ1) is 11.9. The van der Waals surface area contributed by atoms with Crippen molar-refractivity contribution in [3.63, 3.8) is 0 Å². The van der Waals surface area contributed by atoms with Crippen LogP contribution in [0.5, 0.6) is 0 Å². The maximum atomic E-state index is 11.7. The molecule has 0 aromatic rings. The summed E-state index contributed by atoms with van der Waals surface area (Å²) in [6, 6.07) is 0. The highest BCUT2D eigenvalue weighted by Gasteiger charge is 2.45. The van der Waals surface area contributed by atoms with Crippen LogP contribution in [-0.2, 0) is 4.79 Å². The minimum atomic E-state index is -0.498. The largest absolute Gasteiger partial charge is 0.354 e. The highest BCUT2D eigenvalue weighted by Crippen LogP contribution is 2.32. The predicted octanol–water partition coefficient (Wildman–Crippen LogP) is 1.95. The lowest BCUT2D eigenvalue weighted by atomic mass is 9.91. The normalized spacial score (nSPS) is 25.6. The third kappa shape index (κ3) is 3.21. The number of rotatable bonds is 3. The zero-order chi connectivity index (χ0) is 11.4. The van der Waals surface area contributed by atoms with Gasteiger partial charge in [-0.1, -0.05) is 32.1 Å². The molecule has 0 atom stereocenters. The van der Waals surface area contributed by atoms with E-state index < -0.39 is 5.54 Å². The second kappa shape index (κ2) is 5.17. The standard InChI is InChI=1S/C13H24N2O/c14-13(8-9-13)12(16)15-10-11-6-4-2-1-3-5-7-11/h11H,1-10,14H2,(H,15,16). The molecule has 2 fully saturated rings. The van der Waals surface area contributed by atoms with Crippen molar-refractivity contribution >= 4 is 5.91 Å². The quantitative estimate of drug-likeness (QED) is 0.770. The molecular formula is C13H24N2O. The fourth-order valence-corrected chi connectivity index (χ4v) is 2.52. The van der Waals surface area contributed by atoms with Crippen LogP contribution in [-0.4, -0.2) is 18.0 Å². The van der Waals surface area contributed by atoms with E-state index in [0.717, 1.165) is 19.4 Å². The van der Waals surface area contributed by atoms with Gasteiger partial charge in [-0.05, 0) is 31.6 Å². The minimum absolute atomic E-state index is 0.0783. The Morgan fingerprint density at radius 2 is 1.69 bits per heavy atom. The van der Waals surface area contributed by atoms with Gasteiger partial charge in [0, 0.05) is 6.54 Å². The summed E-state index contributed by atoms with van der Waals surface area (Å²) in [5, 5.41) is 3.04. The molecule has 16 heavy (non-hydrogen) atoms.